The molecule has 0 radical (unpaired) electrons. The lowest BCUT2D eigenvalue weighted by atomic mass is 10.1. The lowest BCUT2D eigenvalue weighted by molar-refractivity contribution is 0.0963. The number of piperidine rings is 1. The van der Waals surface area contributed by atoms with Crippen molar-refractivity contribution in [3.05, 3.63) is 35.1 Å². The number of hydrogen-bond donors (Lipinski definition) is 2. The molecule has 1 aliphatic heterocycles. The van der Waals surface area contributed by atoms with E-state index < -0.39 is 0 Å². The highest BCUT2D eigenvalue weighted by Crippen LogP contribution is 2.13. The van der Waals surface area contributed by atoms with Crippen molar-refractivity contribution < 1.29 is 18.7 Å². The number of nitrogens with zero attached hydrogens (tertiary/aromatic N) is 2. The molecule has 1 amide bonds. The molecule has 0 unspecified atom stereocenters. The topological polar surface area (TPSA) is 75.2 Å². The zero-order valence-corrected chi connectivity index (χ0v) is 16.3. The van der Waals surface area contributed by atoms with E-state index in [1.54, 1.807) is 38.1 Å². The summed E-state index contributed by atoms with van der Waals surface area (Å²) in [5, 5.41) is 6.63. The number of benzene rings is 1. The summed E-state index contributed by atoms with van der Waals surface area (Å²) in [5.41, 5.74) is 1.48. The molecule has 150 valence electrons. The quantitative estimate of drug-likeness (QED) is 0.585. The fraction of sp³-hybridized carbons (Fsp3) is 0.579. The van der Waals surface area contributed by atoms with Crippen LogP contribution in [-0.4, -0.2) is 56.8 Å². The Morgan fingerprint density at radius 3 is 2.74 bits per heavy atom. The molecule has 0 spiro atoms. The van der Waals surface area contributed by atoms with Gasteiger partial charge >= 0.3 is 6.09 Å². The smallest absolute Gasteiger partial charge is 0.409 e. The zero-order chi connectivity index (χ0) is 19.6. The van der Waals surface area contributed by atoms with Crippen LogP contribution in [0.2, 0.25) is 0 Å². The van der Waals surface area contributed by atoms with Crippen molar-refractivity contribution in [1.29, 1.82) is 0 Å². The molecular formula is C19H29FN4O3. The molecule has 0 aliphatic carbocycles. The van der Waals surface area contributed by atoms with Gasteiger partial charge in [0.25, 0.3) is 0 Å². The molecule has 1 saturated heterocycles. The molecule has 1 aromatic carbocycles. The Hall–Kier alpha value is -2.35. The largest absolute Gasteiger partial charge is 0.450 e. The highest BCUT2D eigenvalue weighted by molar-refractivity contribution is 5.80. The van der Waals surface area contributed by atoms with Gasteiger partial charge in [0.15, 0.2) is 5.96 Å². The van der Waals surface area contributed by atoms with Crippen molar-refractivity contribution >= 4 is 12.1 Å². The van der Waals surface area contributed by atoms with E-state index in [2.05, 4.69) is 15.6 Å². The van der Waals surface area contributed by atoms with Crippen LogP contribution in [-0.2, 0) is 22.6 Å². The van der Waals surface area contributed by atoms with Crippen LogP contribution in [0, 0.1) is 5.82 Å². The number of nitrogens with one attached hydrogen (secondary N) is 2. The van der Waals surface area contributed by atoms with Crippen molar-refractivity contribution in [2.75, 3.05) is 33.9 Å². The Kier molecular flexibility index (Phi) is 8.32. The van der Waals surface area contributed by atoms with Crippen LogP contribution >= 0.6 is 0 Å². The van der Waals surface area contributed by atoms with E-state index in [1.165, 1.54) is 6.07 Å². The highest BCUT2D eigenvalue weighted by atomic mass is 19.1. The van der Waals surface area contributed by atoms with E-state index in [-0.39, 0.29) is 24.6 Å². The van der Waals surface area contributed by atoms with Gasteiger partial charge in [-0.1, -0.05) is 6.07 Å². The average molecular weight is 380 g/mol. The van der Waals surface area contributed by atoms with Crippen LogP contribution in [0.1, 0.15) is 30.9 Å². The molecule has 27 heavy (non-hydrogen) atoms. The van der Waals surface area contributed by atoms with Gasteiger partial charge in [0.1, 0.15) is 5.82 Å². The molecule has 2 rings (SSSR count). The van der Waals surface area contributed by atoms with Gasteiger partial charge in [-0.2, -0.15) is 0 Å². The van der Waals surface area contributed by atoms with Gasteiger partial charge in [-0.25, -0.2) is 9.18 Å². The molecule has 1 fully saturated rings. The Balaban J connectivity index is 1.81. The molecule has 7 nitrogen and oxygen atoms in total. The van der Waals surface area contributed by atoms with Crippen LogP contribution in [0.25, 0.3) is 0 Å². The monoisotopic (exact) mass is 380 g/mol. The highest BCUT2D eigenvalue weighted by Gasteiger charge is 2.24. The van der Waals surface area contributed by atoms with Crippen molar-refractivity contribution in [1.82, 2.24) is 15.5 Å². The molecule has 1 aromatic rings. The molecule has 0 aromatic heterocycles. The normalized spacial score (nSPS) is 15.6. The van der Waals surface area contributed by atoms with Gasteiger partial charge in [0, 0.05) is 45.4 Å². The summed E-state index contributed by atoms with van der Waals surface area (Å²) in [7, 11) is 3.26. The first-order valence-corrected chi connectivity index (χ1v) is 9.22. The second-order valence-corrected chi connectivity index (χ2v) is 6.39. The molecule has 0 bridgehead atoms. The summed E-state index contributed by atoms with van der Waals surface area (Å²) in [4.78, 5) is 17.7. The summed E-state index contributed by atoms with van der Waals surface area (Å²) in [6, 6.07) is 5.22. The van der Waals surface area contributed by atoms with Gasteiger partial charge in [-0.05, 0) is 37.5 Å². The number of ether oxygens (including phenoxy) is 2. The minimum atomic E-state index is -0.267. The van der Waals surface area contributed by atoms with Crippen LogP contribution in [0.15, 0.2) is 23.2 Å². The van der Waals surface area contributed by atoms with Crippen LogP contribution < -0.4 is 10.6 Å². The number of amides is 1. The molecule has 0 saturated carbocycles. The number of methoxy groups -OCH3 is 1. The number of halogens is 1. The predicted molar refractivity (Wildman–Crippen MR) is 102 cm³/mol. The van der Waals surface area contributed by atoms with Gasteiger partial charge < -0.3 is 25.0 Å². The second kappa shape index (κ2) is 10.7. The van der Waals surface area contributed by atoms with Crippen molar-refractivity contribution in [3.8, 4) is 0 Å². The Morgan fingerprint density at radius 1 is 1.37 bits per heavy atom. The van der Waals surface area contributed by atoms with E-state index in [9.17, 15) is 9.18 Å². The van der Waals surface area contributed by atoms with E-state index in [4.69, 9.17) is 9.47 Å². The second-order valence-electron chi connectivity index (χ2n) is 6.39. The Morgan fingerprint density at radius 2 is 2.11 bits per heavy atom. The van der Waals surface area contributed by atoms with Gasteiger partial charge in [0.05, 0.1) is 13.2 Å². The molecular weight excluding hydrogens is 351 g/mol. The van der Waals surface area contributed by atoms with E-state index >= 15 is 0 Å². The number of hydrogen-bond acceptors (Lipinski definition) is 4. The number of guanidine groups is 1. The minimum absolute atomic E-state index is 0.235. The summed E-state index contributed by atoms with van der Waals surface area (Å²) >= 11 is 0. The maximum absolute atomic E-state index is 13.7. The maximum atomic E-state index is 13.7. The van der Waals surface area contributed by atoms with Crippen LogP contribution in [0.4, 0.5) is 9.18 Å². The van der Waals surface area contributed by atoms with Gasteiger partial charge in [-0.15, -0.1) is 0 Å². The van der Waals surface area contributed by atoms with Crippen molar-refractivity contribution in [2.45, 2.75) is 39.0 Å². The summed E-state index contributed by atoms with van der Waals surface area (Å²) in [6.07, 6.45) is 1.41. The van der Waals surface area contributed by atoms with Gasteiger partial charge in [0.2, 0.25) is 0 Å². The van der Waals surface area contributed by atoms with Crippen molar-refractivity contribution in [3.63, 3.8) is 0 Å². The number of likely N-dealkylation sites (tertiary alicyclic amines) is 1. The minimum Gasteiger partial charge on any atom is -0.450 e. The SMILES string of the molecule is CCOC(=O)N1CCC(NC(=NC)NCc2ccc(F)c(COC)c2)CC1. The number of carbonyl (C=O) groups is 1. The number of rotatable bonds is 6. The molecule has 2 N–H and O–H groups in total. The molecule has 1 heterocycles. The summed E-state index contributed by atoms with van der Waals surface area (Å²) < 4.78 is 23.7. The Labute approximate surface area is 159 Å². The first-order valence-electron chi connectivity index (χ1n) is 9.22. The predicted octanol–water partition coefficient (Wildman–Crippen LogP) is 2.26. The lowest BCUT2D eigenvalue weighted by Crippen LogP contribution is -2.49. The molecule has 0 atom stereocenters. The Bertz CT molecular complexity index is 646. The lowest BCUT2D eigenvalue weighted by Gasteiger charge is -2.32. The fourth-order valence-corrected chi connectivity index (χ4v) is 3.00. The number of aliphatic imine (C=N–C) groups is 1. The first-order chi connectivity index (χ1) is 13.1. The van der Waals surface area contributed by atoms with E-state index in [0.717, 1.165) is 18.4 Å². The maximum Gasteiger partial charge on any atom is 0.409 e. The standard InChI is InChI=1S/C19H29FN4O3/c1-4-27-19(25)24-9-7-16(8-10-24)23-18(21-2)22-12-14-5-6-17(20)15(11-14)13-26-3/h5-6,11,16H,4,7-10,12-13H2,1-3H3,(H2,21,22,23). The average Bonchev–Trinajstić information content (AvgIpc) is 2.68. The number of carbonyl (C=O) groups excluding carboxylic acids is 1. The first kappa shape index (κ1) is 21.0. The summed E-state index contributed by atoms with van der Waals surface area (Å²) in [6.45, 7) is 4.28. The van der Waals surface area contributed by atoms with Gasteiger partial charge in [-0.3, -0.25) is 4.99 Å². The third kappa shape index (κ3) is 6.39. The van der Waals surface area contributed by atoms with Crippen LogP contribution in [0.3, 0.4) is 0 Å². The van der Waals surface area contributed by atoms with E-state index in [0.29, 0.717) is 37.8 Å². The van der Waals surface area contributed by atoms with Crippen molar-refractivity contribution in [2.24, 2.45) is 4.99 Å². The zero-order valence-electron chi connectivity index (χ0n) is 16.3. The fourth-order valence-electron chi connectivity index (χ4n) is 3.00. The molecule has 1 aliphatic rings. The third-order valence-electron chi connectivity index (χ3n) is 4.46. The summed E-state index contributed by atoms with van der Waals surface area (Å²) in [5.74, 6) is 0.415. The van der Waals surface area contributed by atoms with E-state index in [1.807, 2.05) is 0 Å². The van der Waals surface area contributed by atoms with Crippen LogP contribution in [0.5, 0.6) is 0 Å². The third-order valence-corrected chi connectivity index (χ3v) is 4.46. The molecule has 8 heteroatoms.